The van der Waals surface area contributed by atoms with Crippen LogP contribution in [0.3, 0.4) is 0 Å². The van der Waals surface area contributed by atoms with Gasteiger partial charge in [-0.25, -0.2) is 4.98 Å². The van der Waals surface area contributed by atoms with Crippen LogP contribution in [0.1, 0.15) is 29.1 Å². The Bertz CT molecular complexity index is 662. The minimum Gasteiger partial charge on any atom is -0.440 e. The van der Waals surface area contributed by atoms with Crippen molar-refractivity contribution < 1.29 is 9.21 Å². The molecule has 1 aliphatic carbocycles. The summed E-state index contributed by atoms with van der Waals surface area (Å²) in [5, 5.41) is 7.02. The average Bonchev–Trinajstić information content (AvgIpc) is 3.09. The van der Waals surface area contributed by atoms with Crippen molar-refractivity contribution in [2.75, 3.05) is 6.54 Å². The number of hydrogen-bond donors (Lipinski definition) is 2. The summed E-state index contributed by atoms with van der Waals surface area (Å²) in [4.78, 5) is 16.6. The molecule has 3 N–H and O–H groups in total. The highest BCUT2D eigenvalue weighted by molar-refractivity contribution is 5.93. The molecule has 1 amide bonds. The molecule has 0 saturated heterocycles. The smallest absolute Gasteiger partial charge is 0.273 e. The van der Waals surface area contributed by atoms with Crippen molar-refractivity contribution in [1.82, 2.24) is 20.1 Å². The van der Waals surface area contributed by atoms with E-state index in [-0.39, 0.29) is 24.4 Å². The van der Waals surface area contributed by atoms with Gasteiger partial charge in [0, 0.05) is 25.8 Å². The zero-order valence-electron chi connectivity index (χ0n) is 12.6. The highest BCUT2D eigenvalue weighted by Crippen LogP contribution is 2.32. The van der Waals surface area contributed by atoms with Gasteiger partial charge in [-0.2, -0.15) is 5.10 Å². The number of nitrogens with two attached hydrogens (primary N) is 1. The standard InChI is InChI=1S/C14H19N5O2.ClH/c1-8-12(13(20)17-11(5-15)9-3-4-9)18-14(21-8)10-6-16-19(2)7-10;/h6-7,9,11H,3-5,15H2,1-2H3,(H,17,20);1H. The number of hydrogen-bond acceptors (Lipinski definition) is 5. The molecule has 1 unspecified atom stereocenters. The number of halogens is 1. The second kappa shape index (κ2) is 6.50. The van der Waals surface area contributed by atoms with E-state index in [0.29, 0.717) is 29.8 Å². The van der Waals surface area contributed by atoms with Gasteiger partial charge in [-0.05, 0) is 25.7 Å². The Morgan fingerprint density at radius 1 is 1.59 bits per heavy atom. The lowest BCUT2D eigenvalue weighted by Crippen LogP contribution is -2.42. The van der Waals surface area contributed by atoms with E-state index in [1.54, 1.807) is 24.0 Å². The van der Waals surface area contributed by atoms with Crippen LogP contribution in [0, 0.1) is 12.8 Å². The van der Waals surface area contributed by atoms with Gasteiger partial charge in [0.05, 0.1) is 11.8 Å². The molecule has 8 heteroatoms. The predicted molar refractivity (Wildman–Crippen MR) is 83.7 cm³/mol. The first-order valence-electron chi connectivity index (χ1n) is 7.06. The Balaban J connectivity index is 0.00000176. The van der Waals surface area contributed by atoms with Gasteiger partial charge in [-0.1, -0.05) is 0 Å². The maximum atomic E-state index is 12.3. The fourth-order valence-corrected chi connectivity index (χ4v) is 2.37. The molecule has 1 aliphatic rings. The van der Waals surface area contributed by atoms with Crippen molar-refractivity contribution >= 4 is 18.3 Å². The Morgan fingerprint density at radius 2 is 2.32 bits per heavy atom. The third-order valence-corrected chi connectivity index (χ3v) is 3.72. The summed E-state index contributed by atoms with van der Waals surface area (Å²) in [5.41, 5.74) is 6.77. The van der Waals surface area contributed by atoms with Crippen LogP contribution in [-0.2, 0) is 7.05 Å². The first-order valence-corrected chi connectivity index (χ1v) is 7.06. The lowest BCUT2D eigenvalue weighted by atomic mass is 10.2. The summed E-state index contributed by atoms with van der Waals surface area (Å²) >= 11 is 0. The summed E-state index contributed by atoms with van der Waals surface area (Å²) in [6, 6.07) is 0.0236. The van der Waals surface area contributed by atoms with Crippen LogP contribution in [-0.4, -0.2) is 33.3 Å². The van der Waals surface area contributed by atoms with Crippen LogP contribution in [0.25, 0.3) is 11.5 Å². The number of nitrogens with zero attached hydrogens (tertiary/aromatic N) is 3. The summed E-state index contributed by atoms with van der Waals surface area (Å²) < 4.78 is 7.23. The highest BCUT2D eigenvalue weighted by atomic mass is 35.5. The molecule has 0 spiro atoms. The van der Waals surface area contributed by atoms with Crippen molar-refractivity contribution in [2.45, 2.75) is 25.8 Å². The summed E-state index contributed by atoms with van der Waals surface area (Å²) in [6.07, 6.45) is 5.70. The molecule has 1 saturated carbocycles. The fraction of sp³-hybridized carbons (Fsp3) is 0.500. The molecular weight excluding hydrogens is 306 g/mol. The number of amides is 1. The minimum absolute atomic E-state index is 0. The Morgan fingerprint density at radius 3 is 2.86 bits per heavy atom. The highest BCUT2D eigenvalue weighted by Gasteiger charge is 2.32. The van der Waals surface area contributed by atoms with Gasteiger partial charge in [0.15, 0.2) is 5.69 Å². The zero-order valence-corrected chi connectivity index (χ0v) is 13.4. The normalized spacial score (nSPS) is 15.2. The van der Waals surface area contributed by atoms with Gasteiger partial charge in [-0.15, -0.1) is 12.4 Å². The van der Waals surface area contributed by atoms with Gasteiger partial charge in [0.2, 0.25) is 5.89 Å². The van der Waals surface area contributed by atoms with Gasteiger partial charge in [0.25, 0.3) is 5.91 Å². The number of oxazole rings is 1. The van der Waals surface area contributed by atoms with E-state index >= 15 is 0 Å². The quantitative estimate of drug-likeness (QED) is 0.862. The average molecular weight is 326 g/mol. The van der Waals surface area contributed by atoms with Crippen LogP contribution in [0.2, 0.25) is 0 Å². The molecule has 0 bridgehead atoms. The van der Waals surface area contributed by atoms with E-state index in [4.69, 9.17) is 10.2 Å². The minimum atomic E-state index is -0.228. The molecule has 1 fully saturated rings. The van der Waals surface area contributed by atoms with E-state index < -0.39 is 0 Å². The third-order valence-electron chi connectivity index (χ3n) is 3.72. The summed E-state index contributed by atoms with van der Waals surface area (Å²) in [6.45, 7) is 2.18. The van der Waals surface area contributed by atoms with Crippen molar-refractivity contribution in [2.24, 2.45) is 18.7 Å². The van der Waals surface area contributed by atoms with E-state index in [2.05, 4.69) is 15.4 Å². The predicted octanol–water partition coefficient (Wildman–Crippen LogP) is 1.27. The first-order chi connectivity index (χ1) is 10.1. The number of aryl methyl sites for hydroxylation is 2. The van der Waals surface area contributed by atoms with E-state index in [0.717, 1.165) is 18.4 Å². The van der Waals surface area contributed by atoms with Crippen LogP contribution in [0.15, 0.2) is 16.8 Å². The largest absolute Gasteiger partial charge is 0.440 e. The maximum absolute atomic E-state index is 12.3. The van der Waals surface area contributed by atoms with Crippen molar-refractivity contribution in [3.8, 4) is 11.5 Å². The topological polar surface area (TPSA) is 99.0 Å². The lowest BCUT2D eigenvalue weighted by Gasteiger charge is -2.14. The molecule has 1 atom stereocenters. The first kappa shape index (κ1) is 16.5. The van der Waals surface area contributed by atoms with Crippen molar-refractivity contribution in [1.29, 1.82) is 0 Å². The second-order valence-electron chi connectivity index (χ2n) is 5.48. The number of carbonyl (C=O) groups excluding carboxylic acids is 1. The fourth-order valence-electron chi connectivity index (χ4n) is 2.37. The van der Waals surface area contributed by atoms with E-state index in [1.807, 2.05) is 7.05 Å². The van der Waals surface area contributed by atoms with Crippen molar-refractivity contribution in [3.63, 3.8) is 0 Å². The number of nitrogens with one attached hydrogen (secondary N) is 1. The molecule has 2 heterocycles. The van der Waals surface area contributed by atoms with Crippen LogP contribution in [0.5, 0.6) is 0 Å². The molecule has 22 heavy (non-hydrogen) atoms. The van der Waals surface area contributed by atoms with E-state index in [9.17, 15) is 4.79 Å². The second-order valence-corrected chi connectivity index (χ2v) is 5.48. The van der Waals surface area contributed by atoms with Gasteiger partial charge in [-0.3, -0.25) is 9.48 Å². The van der Waals surface area contributed by atoms with Gasteiger partial charge >= 0.3 is 0 Å². The molecule has 2 aromatic rings. The van der Waals surface area contributed by atoms with Gasteiger partial charge < -0.3 is 15.5 Å². The molecule has 120 valence electrons. The Kier molecular flexibility index (Phi) is 4.87. The lowest BCUT2D eigenvalue weighted by molar-refractivity contribution is 0.0927. The zero-order chi connectivity index (χ0) is 15.0. The van der Waals surface area contributed by atoms with Crippen molar-refractivity contribution in [3.05, 3.63) is 23.8 Å². The van der Waals surface area contributed by atoms with Crippen LogP contribution >= 0.6 is 12.4 Å². The molecule has 7 nitrogen and oxygen atoms in total. The Hall–Kier alpha value is -1.86. The number of rotatable bonds is 5. The third kappa shape index (κ3) is 3.31. The van der Waals surface area contributed by atoms with Crippen LogP contribution < -0.4 is 11.1 Å². The van der Waals surface area contributed by atoms with Gasteiger partial charge in [0.1, 0.15) is 5.76 Å². The monoisotopic (exact) mass is 325 g/mol. The maximum Gasteiger partial charge on any atom is 0.273 e. The molecule has 0 radical (unpaired) electrons. The molecular formula is C14H20ClN5O2. The molecule has 0 aromatic carbocycles. The SMILES string of the molecule is Cc1oc(-c2cnn(C)c2)nc1C(=O)NC(CN)C1CC1.Cl. The number of aromatic nitrogens is 3. The number of carbonyl (C=O) groups is 1. The molecule has 2 aromatic heterocycles. The summed E-state index contributed by atoms with van der Waals surface area (Å²) in [5.74, 6) is 1.18. The Labute approximate surface area is 134 Å². The van der Waals surface area contributed by atoms with Crippen LogP contribution in [0.4, 0.5) is 0 Å². The van der Waals surface area contributed by atoms with E-state index in [1.165, 1.54) is 0 Å². The summed E-state index contributed by atoms with van der Waals surface area (Å²) in [7, 11) is 1.81. The molecule has 3 rings (SSSR count). The molecule has 0 aliphatic heterocycles.